The van der Waals surface area contributed by atoms with E-state index in [9.17, 15) is 24.3 Å². The van der Waals surface area contributed by atoms with Crippen LogP contribution in [0.3, 0.4) is 0 Å². The number of hydrogen-bond acceptors (Lipinski definition) is 6. The molecule has 0 aromatic heterocycles. The first-order valence-electron chi connectivity index (χ1n) is 10.0. The lowest BCUT2D eigenvalue weighted by Crippen LogP contribution is -2.62. The van der Waals surface area contributed by atoms with Crippen LogP contribution < -0.4 is 10.6 Å². The number of amides is 5. The number of carbonyl (C=O) groups is 4. The Labute approximate surface area is 173 Å². The lowest BCUT2D eigenvalue weighted by molar-refractivity contribution is -0.127. The smallest absolute Gasteiger partial charge is 0.409 e. The van der Waals surface area contributed by atoms with Gasteiger partial charge in [-0.05, 0) is 49.4 Å². The second-order valence-electron chi connectivity index (χ2n) is 7.84. The van der Waals surface area contributed by atoms with Crippen molar-refractivity contribution in [2.24, 2.45) is 5.92 Å². The summed E-state index contributed by atoms with van der Waals surface area (Å²) >= 11 is 0. The predicted molar refractivity (Wildman–Crippen MR) is 104 cm³/mol. The van der Waals surface area contributed by atoms with E-state index in [1.807, 2.05) is 0 Å². The molecule has 3 heterocycles. The third-order valence-electron chi connectivity index (χ3n) is 6.09. The molecule has 3 aliphatic heterocycles. The normalized spacial score (nSPS) is 24.0. The molecule has 3 aliphatic rings. The van der Waals surface area contributed by atoms with E-state index in [2.05, 4.69) is 10.6 Å². The first-order chi connectivity index (χ1) is 14.3. The van der Waals surface area contributed by atoms with E-state index in [-0.39, 0.29) is 37.3 Å². The molecular formula is C20H24N4O6. The Morgan fingerprint density at radius 3 is 2.63 bits per heavy atom. The zero-order chi connectivity index (χ0) is 21.5. The monoisotopic (exact) mass is 416 g/mol. The highest BCUT2D eigenvalue weighted by molar-refractivity contribution is 6.08. The van der Waals surface area contributed by atoms with E-state index in [0.717, 1.165) is 0 Å². The minimum Gasteiger partial charge on any atom is -0.508 e. The lowest BCUT2D eigenvalue weighted by Gasteiger charge is -2.41. The van der Waals surface area contributed by atoms with Gasteiger partial charge >= 0.3 is 12.1 Å². The average molecular weight is 416 g/mol. The number of benzene rings is 1. The molecule has 2 saturated heterocycles. The van der Waals surface area contributed by atoms with Crippen LogP contribution in [0.2, 0.25) is 0 Å². The van der Waals surface area contributed by atoms with Crippen LogP contribution in [0.5, 0.6) is 5.75 Å². The van der Waals surface area contributed by atoms with Gasteiger partial charge in [0.15, 0.2) is 0 Å². The van der Waals surface area contributed by atoms with Gasteiger partial charge in [0.05, 0.1) is 13.2 Å². The van der Waals surface area contributed by atoms with Crippen molar-refractivity contribution in [1.29, 1.82) is 0 Å². The van der Waals surface area contributed by atoms with Crippen LogP contribution in [0.4, 0.5) is 9.59 Å². The predicted octanol–water partition coefficient (Wildman–Crippen LogP) is 0.795. The van der Waals surface area contributed by atoms with Crippen molar-refractivity contribution in [3.63, 3.8) is 0 Å². The summed E-state index contributed by atoms with van der Waals surface area (Å²) in [7, 11) is 0. The van der Waals surface area contributed by atoms with Crippen LogP contribution in [-0.4, -0.2) is 70.6 Å². The van der Waals surface area contributed by atoms with E-state index in [1.54, 1.807) is 17.9 Å². The third-order valence-corrected chi connectivity index (χ3v) is 6.09. The highest BCUT2D eigenvalue weighted by Gasteiger charge is 2.54. The number of phenolic OH excluding ortho intramolecular Hbond substituents is 1. The molecule has 4 rings (SSSR count). The molecule has 1 aromatic carbocycles. The van der Waals surface area contributed by atoms with Crippen LogP contribution in [0.1, 0.15) is 35.7 Å². The molecule has 1 atom stereocenters. The first kappa shape index (κ1) is 20.0. The van der Waals surface area contributed by atoms with Crippen LogP contribution >= 0.6 is 0 Å². The third kappa shape index (κ3) is 3.31. The molecule has 10 heteroatoms. The topological polar surface area (TPSA) is 128 Å². The zero-order valence-electron chi connectivity index (χ0n) is 16.6. The highest BCUT2D eigenvalue weighted by atomic mass is 16.6. The number of ether oxygens (including phenoxy) is 1. The van der Waals surface area contributed by atoms with Gasteiger partial charge in [0, 0.05) is 25.2 Å². The molecular weight excluding hydrogens is 392 g/mol. The second-order valence-corrected chi connectivity index (χ2v) is 7.84. The number of likely N-dealkylation sites (tertiary alicyclic amines) is 1. The molecule has 1 aromatic rings. The number of urea groups is 1. The Bertz CT molecular complexity index is 911. The summed E-state index contributed by atoms with van der Waals surface area (Å²) in [5.41, 5.74) is -0.112. The van der Waals surface area contributed by atoms with Gasteiger partial charge < -0.3 is 25.0 Å². The van der Waals surface area contributed by atoms with Crippen molar-refractivity contribution < 1.29 is 29.0 Å². The van der Waals surface area contributed by atoms with Crippen molar-refractivity contribution in [3.8, 4) is 5.75 Å². The Morgan fingerprint density at radius 2 is 2.00 bits per heavy atom. The second kappa shape index (κ2) is 7.51. The Hall–Kier alpha value is -3.30. The van der Waals surface area contributed by atoms with E-state index in [4.69, 9.17) is 4.74 Å². The SMILES string of the molecule is CCOC(=O)N1CCC(C2(CN3Cc4cc(O)ccc4C3=O)NC(=O)NC2=O)CC1. The van der Waals surface area contributed by atoms with E-state index >= 15 is 0 Å². The fourth-order valence-electron chi connectivity index (χ4n) is 4.60. The molecule has 5 amide bonds. The van der Waals surface area contributed by atoms with E-state index < -0.39 is 23.6 Å². The Morgan fingerprint density at radius 1 is 1.27 bits per heavy atom. The lowest BCUT2D eigenvalue weighted by atomic mass is 9.77. The fraction of sp³-hybridized carbons (Fsp3) is 0.500. The van der Waals surface area contributed by atoms with Gasteiger partial charge in [-0.25, -0.2) is 9.59 Å². The maximum atomic E-state index is 12.9. The van der Waals surface area contributed by atoms with Gasteiger partial charge in [0.2, 0.25) is 0 Å². The van der Waals surface area contributed by atoms with Gasteiger partial charge in [-0.15, -0.1) is 0 Å². The Balaban J connectivity index is 1.53. The number of rotatable bonds is 4. The number of aromatic hydroxyl groups is 1. The number of fused-ring (bicyclic) bond motifs is 1. The molecule has 0 radical (unpaired) electrons. The van der Waals surface area contributed by atoms with Crippen molar-refractivity contribution >= 4 is 23.9 Å². The molecule has 0 bridgehead atoms. The molecule has 0 saturated carbocycles. The van der Waals surface area contributed by atoms with Gasteiger partial charge in [-0.1, -0.05) is 0 Å². The summed E-state index contributed by atoms with van der Waals surface area (Å²) in [5.74, 6) is -0.896. The summed E-state index contributed by atoms with van der Waals surface area (Å²) < 4.78 is 5.04. The van der Waals surface area contributed by atoms with E-state index in [0.29, 0.717) is 37.1 Å². The summed E-state index contributed by atoms with van der Waals surface area (Å²) in [6, 6.07) is 3.95. The molecule has 0 aliphatic carbocycles. The first-order valence-corrected chi connectivity index (χ1v) is 10.0. The number of piperidine rings is 1. The maximum Gasteiger partial charge on any atom is 0.409 e. The Kier molecular flexibility index (Phi) is 5.00. The summed E-state index contributed by atoms with van der Waals surface area (Å²) in [5, 5.41) is 14.8. The fourth-order valence-corrected chi connectivity index (χ4v) is 4.60. The van der Waals surface area contributed by atoms with Gasteiger partial charge in [-0.3, -0.25) is 14.9 Å². The number of nitrogens with zero attached hydrogens (tertiary/aromatic N) is 2. The van der Waals surface area contributed by atoms with Crippen LogP contribution in [-0.2, 0) is 16.1 Å². The van der Waals surface area contributed by atoms with Crippen molar-refractivity contribution in [2.45, 2.75) is 31.8 Å². The number of phenols is 1. The standard InChI is InChI=1S/C20H24N4O6/c1-2-30-19(29)23-7-5-13(6-8-23)20(17(27)21-18(28)22-20)11-24-10-12-9-14(25)3-4-15(12)16(24)26/h3-4,9,13,25H,2,5-8,10-11H2,1H3,(H2,21,22,27,28). The zero-order valence-corrected chi connectivity index (χ0v) is 16.6. The van der Waals surface area contributed by atoms with Crippen molar-refractivity contribution in [3.05, 3.63) is 29.3 Å². The van der Waals surface area contributed by atoms with Crippen molar-refractivity contribution in [1.82, 2.24) is 20.4 Å². The minimum atomic E-state index is -1.27. The number of carbonyl (C=O) groups excluding carboxylic acids is 4. The van der Waals surface area contributed by atoms with Crippen molar-refractivity contribution in [2.75, 3.05) is 26.2 Å². The van der Waals surface area contributed by atoms with E-state index in [1.165, 1.54) is 17.0 Å². The quantitative estimate of drug-likeness (QED) is 0.623. The van der Waals surface area contributed by atoms with Crippen LogP contribution in [0.15, 0.2) is 18.2 Å². The molecule has 30 heavy (non-hydrogen) atoms. The summed E-state index contributed by atoms with van der Waals surface area (Å²) in [4.78, 5) is 52.8. The van der Waals surface area contributed by atoms with Gasteiger partial charge in [0.1, 0.15) is 11.3 Å². The molecule has 160 valence electrons. The summed E-state index contributed by atoms with van der Waals surface area (Å²) in [6.45, 7) is 3.09. The molecule has 3 N–H and O–H groups in total. The average Bonchev–Trinajstić information content (AvgIpc) is 3.17. The number of hydrogen-bond donors (Lipinski definition) is 3. The van der Waals surface area contributed by atoms with Gasteiger partial charge in [-0.2, -0.15) is 0 Å². The largest absolute Gasteiger partial charge is 0.508 e. The highest BCUT2D eigenvalue weighted by Crippen LogP contribution is 2.35. The molecule has 2 fully saturated rings. The molecule has 1 unspecified atom stereocenters. The number of imide groups is 1. The molecule has 0 spiro atoms. The van der Waals surface area contributed by atoms with Crippen LogP contribution in [0, 0.1) is 5.92 Å². The van der Waals surface area contributed by atoms with Gasteiger partial charge in [0.25, 0.3) is 11.8 Å². The summed E-state index contributed by atoms with van der Waals surface area (Å²) in [6.07, 6.45) is 0.583. The minimum absolute atomic E-state index is 0.0168. The molecule has 10 nitrogen and oxygen atoms in total. The van der Waals surface area contributed by atoms with Crippen LogP contribution in [0.25, 0.3) is 0 Å². The maximum absolute atomic E-state index is 12.9. The number of nitrogens with one attached hydrogen (secondary N) is 2.